The van der Waals surface area contributed by atoms with Crippen LogP contribution in [0.15, 0.2) is 36.5 Å². The van der Waals surface area contributed by atoms with Gasteiger partial charge in [-0.05, 0) is 24.3 Å². The molecular formula is C19H24O6. The molecule has 136 valence electrons. The minimum atomic E-state index is -0.687. The Hall–Kier alpha value is -1.92. The molecule has 0 aromatic carbocycles. The van der Waals surface area contributed by atoms with E-state index in [1.165, 1.54) is 0 Å². The quantitative estimate of drug-likeness (QED) is 0.451. The number of fused-ring (bicyclic) bond motifs is 3. The number of hydrogen-bond acceptors (Lipinski definition) is 6. The van der Waals surface area contributed by atoms with Gasteiger partial charge in [0.05, 0.1) is 24.2 Å². The lowest BCUT2D eigenvalue weighted by atomic mass is 9.79. The number of aliphatic hydroxyl groups is 2. The number of hydrogen-bond donors (Lipinski definition) is 2. The Morgan fingerprint density at radius 1 is 1.40 bits per heavy atom. The lowest BCUT2D eigenvalue weighted by Crippen LogP contribution is -2.35. The maximum Gasteiger partial charge on any atom is 0.336 e. The first kappa shape index (κ1) is 17.9. The molecule has 0 bridgehead atoms. The third-order valence-corrected chi connectivity index (χ3v) is 5.85. The van der Waals surface area contributed by atoms with Gasteiger partial charge in [0.25, 0.3) is 0 Å². The van der Waals surface area contributed by atoms with Crippen LogP contribution in [0.2, 0.25) is 0 Å². The second-order valence-corrected chi connectivity index (χ2v) is 7.30. The summed E-state index contributed by atoms with van der Waals surface area (Å²) in [5.41, 5.74) is 1.50. The first-order chi connectivity index (χ1) is 11.8. The molecule has 1 heterocycles. The van der Waals surface area contributed by atoms with Gasteiger partial charge in [-0.25, -0.2) is 4.79 Å². The highest BCUT2D eigenvalue weighted by Crippen LogP contribution is 2.53. The second kappa shape index (κ2) is 6.42. The van der Waals surface area contributed by atoms with Crippen molar-refractivity contribution in [2.75, 3.05) is 6.61 Å². The van der Waals surface area contributed by atoms with Gasteiger partial charge >= 0.3 is 11.9 Å². The number of carbonyl (C=O) groups excluding carboxylic acids is 2. The molecule has 3 rings (SSSR count). The van der Waals surface area contributed by atoms with Gasteiger partial charge in [-0.2, -0.15) is 0 Å². The summed E-state index contributed by atoms with van der Waals surface area (Å²) >= 11 is 0. The fourth-order valence-electron chi connectivity index (χ4n) is 4.45. The Kier molecular flexibility index (Phi) is 4.60. The van der Waals surface area contributed by atoms with Crippen molar-refractivity contribution in [1.29, 1.82) is 0 Å². The zero-order valence-electron chi connectivity index (χ0n) is 14.3. The topological polar surface area (TPSA) is 93.1 Å². The molecule has 0 aromatic heterocycles. The number of aliphatic hydroxyl groups excluding tert-OH is 2. The molecule has 3 aliphatic rings. The molecule has 3 fully saturated rings. The summed E-state index contributed by atoms with van der Waals surface area (Å²) in [6.07, 6.45) is -0.852. The van der Waals surface area contributed by atoms with E-state index < -0.39 is 36.8 Å². The smallest absolute Gasteiger partial charge is 0.336 e. The highest BCUT2D eigenvalue weighted by molar-refractivity contribution is 5.88. The first-order valence-corrected chi connectivity index (χ1v) is 8.50. The van der Waals surface area contributed by atoms with Crippen molar-refractivity contribution in [2.45, 2.75) is 38.1 Å². The highest BCUT2D eigenvalue weighted by Gasteiger charge is 2.57. The van der Waals surface area contributed by atoms with Crippen molar-refractivity contribution in [3.8, 4) is 0 Å². The molecule has 6 nitrogen and oxygen atoms in total. The van der Waals surface area contributed by atoms with E-state index in [4.69, 9.17) is 14.6 Å². The fourth-order valence-corrected chi connectivity index (χ4v) is 4.45. The molecule has 1 aliphatic heterocycles. The van der Waals surface area contributed by atoms with Gasteiger partial charge in [-0.3, -0.25) is 4.79 Å². The molecule has 1 saturated heterocycles. The van der Waals surface area contributed by atoms with Crippen LogP contribution in [0.25, 0.3) is 0 Å². The summed E-state index contributed by atoms with van der Waals surface area (Å²) in [7, 11) is 0. The van der Waals surface area contributed by atoms with E-state index in [2.05, 4.69) is 19.7 Å². The van der Waals surface area contributed by atoms with E-state index in [1.54, 1.807) is 6.92 Å². The van der Waals surface area contributed by atoms with Crippen LogP contribution >= 0.6 is 0 Å². The first-order valence-electron chi connectivity index (χ1n) is 8.50. The van der Waals surface area contributed by atoms with Gasteiger partial charge < -0.3 is 19.7 Å². The third kappa shape index (κ3) is 2.83. The van der Waals surface area contributed by atoms with Crippen molar-refractivity contribution in [2.24, 2.45) is 23.7 Å². The second-order valence-electron chi connectivity index (χ2n) is 7.30. The molecular weight excluding hydrogens is 324 g/mol. The van der Waals surface area contributed by atoms with Gasteiger partial charge in [0.1, 0.15) is 12.2 Å². The van der Waals surface area contributed by atoms with Crippen LogP contribution in [-0.2, 0) is 19.1 Å². The van der Waals surface area contributed by atoms with E-state index in [0.29, 0.717) is 18.4 Å². The summed E-state index contributed by atoms with van der Waals surface area (Å²) in [4.78, 5) is 24.0. The normalized spacial score (nSPS) is 40.1. The lowest BCUT2D eigenvalue weighted by Gasteiger charge is -2.28. The highest BCUT2D eigenvalue weighted by atomic mass is 16.6. The Morgan fingerprint density at radius 2 is 2.08 bits per heavy atom. The minimum Gasteiger partial charge on any atom is -0.461 e. The van der Waals surface area contributed by atoms with E-state index >= 15 is 0 Å². The van der Waals surface area contributed by atoms with E-state index in [1.807, 2.05) is 0 Å². The largest absolute Gasteiger partial charge is 0.461 e. The van der Waals surface area contributed by atoms with Gasteiger partial charge in [0, 0.05) is 11.8 Å². The zero-order chi connectivity index (χ0) is 18.5. The molecule has 2 aliphatic carbocycles. The van der Waals surface area contributed by atoms with Crippen LogP contribution in [0.3, 0.4) is 0 Å². The fraction of sp³-hybridized carbons (Fsp3) is 0.579. The molecule has 6 heteroatoms. The van der Waals surface area contributed by atoms with E-state index in [0.717, 1.165) is 5.57 Å². The van der Waals surface area contributed by atoms with Crippen molar-refractivity contribution < 1.29 is 29.3 Å². The molecule has 7 unspecified atom stereocenters. The molecule has 0 aromatic rings. The summed E-state index contributed by atoms with van der Waals surface area (Å²) in [5, 5.41) is 19.5. The van der Waals surface area contributed by atoms with Crippen LogP contribution in [0.4, 0.5) is 0 Å². The Bertz CT molecular complexity index is 650. The zero-order valence-corrected chi connectivity index (χ0v) is 14.3. The molecule has 0 spiro atoms. The molecule has 2 N–H and O–H groups in total. The predicted octanol–water partition coefficient (Wildman–Crippen LogP) is 1.14. The van der Waals surface area contributed by atoms with Gasteiger partial charge in [-0.1, -0.05) is 32.2 Å². The van der Waals surface area contributed by atoms with Crippen molar-refractivity contribution in [1.82, 2.24) is 0 Å². The molecule has 2 saturated carbocycles. The molecule has 7 atom stereocenters. The van der Waals surface area contributed by atoms with Crippen molar-refractivity contribution in [3.63, 3.8) is 0 Å². The van der Waals surface area contributed by atoms with Crippen LogP contribution in [-0.4, -0.2) is 47.1 Å². The number of ether oxygens (including phenoxy) is 2. The van der Waals surface area contributed by atoms with E-state index in [-0.39, 0.29) is 29.3 Å². The van der Waals surface area contributed by atoms with Crippen molar-refractivity contribution in [3.05, 3.63) is 36.5 Å². The maximum absolute atomic E-state index is 12.1. The van der Waals surface area contributed by atoms with Crippen LogP contribution in [0, 0.1) is 23.7 Å². The lowest BCUT2D eigenvalue weighted by molar-refractivity contribution is -0.146. The Morgan fingerprint density at radius 3 is 2.72 bits per heavy atom. The third-order valence-electron chi connectivity index (χ3n) is 5.85. The maximum atomic E-state index is 12.1. The van der Waals surface area contributed by atoms with Crippen LogP contribution < -0.4 is 0 Å². The Balaban J connectivity index is 1.87. The van der Waals surface area contributed by atoms with Gasteiger partial charge in [0.2, 0.25) is 0 Å². The average Bonchev–Trinajstić information content (AvgIpc) is 3.00. The molecule has 25 heavy (non-hydrogen) atoms. The average molecular weight is 348 g/mol. The van der Waals surface area contributed by atoms with Gasteiger partial charge in [-0.15, -0.1) is 0 Å². The van der Waals surface area contributed by atoms with Crippen molar-refractivity contribution >= 4 is 11.9 Å². The Labute approximate surface area is 146 Å². The van der Waals surface area contributed by atoms with Crippen LogP contribution in [0.5, 0.6) is 0 Å². The number of carbonyl (C=O) groups is 2. The summed E-state index contributed by atoms with van der Waals surface area (Å²) in [6, 6.07) is 0. The minimum absolute atomic E-state index is 0.0204. The van der Waals surface area contributed by atoms with E-state index in [9.17, 15) is 14.7 Å². The summed E-state index contributed by atoms with van der Waals surface area (Å²) < 4.78 is 11.0. The molecule has 0 radical (unpaired) electrons. The molecule has 0 amide bonds. The van der Waals surface area contributed by atoms with Gasteiger partial charge in [0.15, 0.2) is 0 Å². The number of esters is 2. The number of rotatable bonds is 3. The summed E-state index contributed by atoms with van der Waals surface area (Å²) in [5.74, 6) is -2.00. The predicted molar refractivity (Wildman–Crippen MR) is 89.1 cm³/mol. The SMILES string of the molecule is C=C(CO)C(=O)OC1CC2C(=C)CC(O)C3C(C)C(=O)OC3C2C1=C. The standard InChI is InChI=1S/C19H24O6/c1-8-5-13(21)16-11(4)19(23)25-17(16)15-10(3)14(6-12(8)15)24-18(22)9(2)7-20/h11-17,20-21H,1-3,5-7H2,4H3. The van der Waals surface area contributed by atoms with Crippen LogP contribution in [0.1, 0.15) is 19.8 Å². The monoisotopic (exact) mass is 348 g/mol. The summed E-state index contributed by atoms with van der Waals surface area (Å²) in [6.45, 7) is 12.9.